The van der Waals surface area contributed by atoms with E-state index in [1.54, 1.807) is 37.4 Å². The predicted octanol–water partition coefficient (Wildman–Crippen LogP) is 2.89. The maximum absolute atomic E-state index is 14.3. The zero-order valence-corrected chi connectivity index (χ0v) is 20.9. The zero-order chi connectivity index (χ0) is 26.5. The van der Waals surface area contributed by atoms with E-state index in [9.17, 15) is 18.8 Å². The Morgan fingerprint density at radius 3 is 2.73 bits per heavy atom. The number of hydrogen-bond acceptors (Lipinski definition) is 5. The molecule has 12 heteroatoms. The largest absolute Gasteiger partial charge is 0.383 e. The van der Waals surface area contributed by atoms with Gasteiger partial charge in [0.2, 0.25) is 5.91 Å². The van der Waals surface area contributed by atoms with Crippen LogP contribution >= 0.6 is 11.6 Å². The van der Waals surface area contributed by atoms with Crippen LogP contribution in [0.2, 0.25) is 5.02 Å². The molecule has 0 aliphatic carbocycles. The number of likely N-dealkylation sites (tertiary alicyclic amines) is 1. The zero-order valence-electron chi connectivity index (χ0n) is 20.2. The molecule has 2 aromatic carbocycles. The van der Waals surface area contributed by atoms with Crippen LogP contribution in [0.15, 0.2) is 48.7 Å². The smallest absolute Gasteiger partial charge is 0.323 e. The average molecular weight is 531 g/mol. The fourth-order valence-corrected chi connectivity index (χ4v) is 4.72. The second kappa shape index (κ2) is 11.6. The molecule has 1 aromatic heterocycles. The highest BCUT2D eigenvalue weighted by molar-refractivity contribution is 6.30. The number of nitrogens with one attached hydrogen (secondary N) is 3. The van der Waals surface area contributed by atoms with Crippen LogP contribution in [-0.2, 0) is 16.1 Å². The third kappa shape index (κ3) is 5.68. The van der Waals surface area contributed by atoms with Crippen molar-refractivity contribution in [3.8, 4) is 0 Å². The SMILES string of the molecule is COCCN[C@@H]1CCN(C(=O)Nc2cn(C(N)=O)c3ccccc23)[C@@H]1C(=O)NCc1cccc(Cl)c1F. The van der Waals surface area contributed by atoms with E-state index in [4.69, 9.17) is 22.1 Å². The van der Waals surface area contributed by atoms with Crippen molar-refractivity contribution in [3.05, 3.63) is 65.1 Å². The summed E-state index contributed by atoms with van der Waals surface area (Å²) in [6, 6.07) is 9.14. The fraction of sp³-hybridized carbons (Fsp3) is 0.320. The Bertz CT molecular complexity index is 1320. The predicted molar refractivity (Wildman–Crippen MR) is 138 cm³/mol. The van der Waals surface area contributed by atoms with Gasteiger partial charge in [-0.25, -0.2) is 14.0 Å². The van der Waals surface area contributed by atoms with E-state index in [2.05, 4.69) is 16.0 Å². The lowest BCUT2D eigenvalue weighted by atomic mass is 10.1. The lowest BCUT2D eigenvalue weighted by Gasteiger charge is -2.28. The number of methoxy groups -OCH3 is 1. The van der Waals surface area contributed by atoms with E-state index in [-0.39, 0.29) is 23.2 Å². The van der Waals surface area contributed by atoms with E-state index < -0.39 is 29.8 Å². The highest BCUT2D eigenvalue weighted by Gasteiger charge is 2.41. The maximum atomic E-state index is 14.3. The molecule has 1 aliphatic rings. The first-order valence-electron chi connectivity index (χ1n) is 11.7. The Kier molecular flexibility index (Phi) is 8.27. The summed E-state index contributed by atoms with van der Waals surface area (Å²) in [4.78, 5) is 40.0. The molecule has 1 fully saturated rings. The minimum Gasteiger partial charge on any atom is -0.383 e. The molecule has 0 saturated carbocycles. The molecule has 3 aromatic rings. The molecule has 5 N–H and O–H groups in total. The van der Waals surface area contributed by atoms with Crippen molar-refractivity contribution in [2.45, 2.75) is 25.0 Å². The number of urea groups is 1. The number of benzene rings is 2. The number of rotatable bonds is 8. The van der Waals surface area contributed by atoms with Crippen LogP contribution in [-0.4, -0.2) is 66.3 Å². The normalized spacial score (nSPS) is 17.2. The summed E-state index contributed by atoms with van der Waals surface area (Å²) in [5.41, 5.74) is 6.64. The molecule has 1 saturated heterocycles. The molecule has 4 amide bonds. The van der Waals surface area contributed by atoms with E-state index >= 15 is 0 Å². The molecular weight excluding hydrogens is 503 g/mol. The fourth-order valence-electron chi connectivity index (χ4n) is 4.53. The van der Waals surface area contributed by atoms with Gasteiger partial charge in [0.15, 0.2) is 0 Å². The van der Waals surface area contributed by atoms with Crippen molar-refractivity contribution in [1.29, 1.82) is 0 Å². The van der Waals surface area contributed by atoms with E-state index in [1.165, 1.54) is 27.8 Å². The molecule has 10 nitrogen and oxygen atoms in total. The summed E-state index contributed by atoms with van der Waals surface area (Å²) in [6.45, 7) is 1.12. The molecule has 37 heavy (non-hydrogen) atoms. The van der Waals surface area contributed by atoms with Crippen LogP contribution in [0.25, 0.3) is 10.9 Å². The number of carbonyl (C=O) groups excluding carboxylic acids is 3. The average Bonchev–Trinajstić information content (AvgIpc) is 3.47. The first-order chi connectivity index (χ1) is 17.8. The summed E-state index contributed by atoms with van der Waals surface area (Å²) in [7, 11) is 1.57. The Hall–Kier alpha value is -3.67. The van der Waals surface area contributed by atoms with Crippen LogP contribution < -0.4 is 21.7 Å². The van der Waals surface area contributed by atoms with Gasteiger partial charge in [-0.2, -0.15) is 0 Å². The van der Waals surface area contributed by atoms with Gasteiger partial charge in [-0.3, -0.25) is 9.36 Å². The number of para-hydroxylation sites is 1. The molecule has 2 heterocycles. The monoisotopic (exact) mass is 530 g/mol. The number of nitrogens with two attached hydrogens (primary N) is 1. The van der Waals surface area contributed by atoms with E-state index in [0.717, 1.165) is 0 Å². The molecule has 2 atom stereocenters. The van der Waals surface area contributed by atoms with Crippen molar-refractivity contribution in [2.24, 2.45) is 5.73 Å². The second-order valence-corrected chi connectivity index (χ2v) is 9.02. The van der Waals surface area contributed by atoms with Gasteiger partial charge in [-0.1, -0.05) is 41.9 Å². The van der Waals surface area contributed by atoms with Gasteiger partial charge in [0.1, 0.15) is 11.9 Å². The highest BCUT2D eigenvalue weighted by Crippen LogP contribution is 2.27. The lowest BCUT2D eigenvalue weighted by Crippen LogP contribution is -2.54. The van der Waals surface area contributed by atoms with Crippen LogP contribution in [0.1, 0.15) is 12.0 Å². The molecule has 1 aliphatic heterocycles. The quantitative estimate of drug-likeness (QED) is 0.333. The summed E-state index contributed by atoms with van der Waals surface area (Å²) in [5, 5.41) is 9.39. The van der Waals surface area contributed by atoms with E-state index in [1.807, 2.05) is 0 Å². The van der Waals surface area contributed by atoms with Crippen LogP contribution in [0.4, 0.5) is 19.7 Å². The third-order valence-corrected chi connectivity index (χ3v) is 6.61. The summed E-state index contributed by atoms with van der Waals surface area (Å²) >= 11 is 5.85. The Labute approximate surface area is 217 Å². The lowest BCUT2D eigenvalue weighted by molar-refractivity contribution is -0.125. The molecule has 0 unspecified atom stereocenters. The van der Waals surface area contributed by atoms with Crippen LogP contribution in [0.5, 0.6) is 0 Å². The molecule has 0 radical (unpaired) electrons. The van der Waals surface area contributed by atoms with Crippen LogP contribution in [0.3, 0.4) is 0 Å². The molecule has 4 rings (SSSR count). The van der Waals surface area contributed by atoms with Gasteiger partial charge in [0.05, 0.1) is 22.8 Å². The number of anilines is 1. The molecule has 196 valence electrons. The van der Waals surface area contributed by atoms with Gasteiger partial charge in [0, 0.05) is 49.9 Å². The van der Waals surface area contributed by atoms with Gasteiger partial charge < -0.3 is 31.3 Å². The van der Waals surface area contributed by atoms with E-state index in [0.29, 0.717) is 42.7 Å². The van der Waals surface area contributed by atoms with Gasteiger partial charge in [-0.15, -0.1) is 0 Å². The first kappa shape index (κ1) is 26.4. The third-order valence-electron chi connectivity index (χ3n) is 6.32. The number of aromatic nitrogens is 1. The second-order valence-electron chi connectivity index (χ2n) is 8.61. The van der Waals surface area contributed by atoms with Crippen molar-refractivity contribution in [3.63, 3.8) is 0 Å². The Morgan fingerprint density at radius 2 is 1.97 bits per heavy atom. The summed E-state index contributed by atoms with van der Waals surface area (Å²) in [6.07, 6.45) is 1.97. The van der Waals surface area contributed by atoms with Gasteiger partial charge >= 0.3 is 12.1 Å². The number of hydrogen-bond donors (Lipinski definition) is 4. The number of carbonyl (C=O) groups is 3. The van der Waals surface area contributed by atoms with Crippen molar-refractivity contribution >= 4 is 46.2 Å². The molecular formula is C25H28ClFN6O4. The topological polar surface area (TPSA) is 131 Å². The van der Waals surface area contributed by atoms with Gasteiger partial charge in [0.25, 0.3) is 0 Å². The molecule has 0 bridgehead atoms. The number of amides is 4. The van der Waals surface area contributed by atoms with Crippen LogP contribution in [0, 0.1) is 5.82 Å². The highest BCUT2D eigenvalue weighted by atomic mass is 35.5. The Balaban J connectivity index is 1.54. The van der Waals surface area contributed by atoms with Crippen molar-refractivity contribution in [1.82, 2.24) is 20.1 Å². The maximum Gasteiger partial charge on any atom is 0.323 e. The number of ether oxygens (including phenoxy) is 1. The molecule has 0 spiro atoms. The Morgan fingerprint density at radius 1 is 1.19 bits per heavy atom. The number of primary amides is 1. The van der Waals surface area contributed by atoms with Crippen molar-refractivity contribution in [2.75, 3.05) is 32.1 Å². The number of halogens is 2. The number of fused-ring (bicyclic) bond motifs is 1. The minimum absolute atomic E-state index is 0.0390. The first-order valence-corrected chi connectivity index (χ1v) is 12.1. The van der Waals surface area contributed by atoms with Gasteiger partial charge in [-0.05, 0) is 18.6 Å². The summed E-state index contributed by atoms with van der Waals surface area (Å²) < 4.78 is 20.7. The minimum atomic E-state index is -0.872. The summed E-state index contributed by atoms with van der Waals surface area (Å²) in [5.74, 6) is -1.05. The standard InChI is InChI=1S/C25H28ClFN6O4/c1-37-12-10-29-18-9-11-32(22(18)23(34)30-13-15-5-4-7-17(26)21(15)27)25(36)31-19-14-33(24(28)35)20-8-3-2-6-16(19)20/h2-8,14,18,22,29H,9-13H2,1H3,(H2,28,35)(H,30,34)(H,31,36)/t18-,22+/m1/s1. The number of nitrogens with zero attached hydrogens (tertiary/aromatic N) is 2. The van der Waals surface area contributed by atoms with Crippen molar-refractivity contribution < 1.29 is 23.5 Å².